The summed E-state index contributed by atoms with van der Waals surface area (Å²) in [4.78, 5) is 10.6. The lowest BCUT2D eigenvalue weighted by atomic mass is 10.2. The van der Waals surface area contributed by atoms with E-state index in [0.717, 1.165) is 36.5 Å². The van der Waals surface area contributed by atoms with E-state index in [4.69, 9.17) is 0 Å². The van der Waals surface area contributed by atoms with Crippen LogP contribution in [-0.4, -0.2) is 20.9 Å². The zero-order valence-corrected chi connectivity index (χ0v) is 10.8. The molecule has 4 rings (SSSR count). The molecule has 3 heterocycles. The molecule has 0 radical (unpaired) electrons. The number of benzene rings is 1. The average molecular weight is 268 g/mol. The fraction of sp³-hybridized carbons (Fsp3) is 0.200. The van der Waals surface area contributed by atoms with Gasteiger partial charge in [0.25, 0.3) is 0 Å². The van der Waals surface area contributed by atoms with Crippen molar-refractivity contribution < 1.29 is 4.39 Å². The van der Waals surface area contributed by atoms with E-state index >= 15 is 0 Å². The molecule has 100 valence electrons. The number of imidazole rings is 1. The van der Waals surface area contributed by atoms with Gasteiger partial charge in [-0.25, -0.2) is 9.37 Å². The monoisotopic (exact) mass is 268 g/mol. The minimum atomic E-state index is -0.182. The number of fused-ring (bicyclic) bond motifs is 2. The number of anilines is 1. The molecule has 0 bridgehead atoms. The summed E-state index contributed by atoms with van der Waals surface area (Å²) in [6.45, 7) is 1.64. The Hall–Kier alpha value is -2.43. The Kier molecular flexibility index (Phi) is 2.45. The van der Waals surface area contributed by atoms with Crippen molar-refractivity contribution in [2.45, 2.75) is 13.0 Å². The number of hydrogen-bond acceptors (Lipinski definition) is 3. The second kappa shape index (κ2) is 4.30. The lowest BCUT2D eigenvalue weighted by molar-refractivity contribution is 0.627. The van der Waals surface area contributed by atoms with Crippen molar-refractivity contribution >= 4 is 11.3 Å². The molecule has 0 aliphatic carbocycles. The Morgan fingerprint density at radius 1 is 1.25 bits per heavy atom. The predicted molar refractivity (Wildman–Crippen MR) is 74.1 cm³/mol. The number of aromatic nitrogens is 3. The van der Waals surface area contributed by atoms with E-state index in [2.05, 4.69) is 14.9 Å². The van der Waals surface area contributed by atoms with Crippen LogP contribution < -0.4 is 4.90 Å². The molecule has 0 atom stereocenters. The highest BCUT2D eigenvalue weighted by Gasteiger charge is 2.20. The lowest BCUT2D eigenvalue weighted by Gasteiger charge is -2.19. The molecule has 0 N–H and O–H groups in total. The molecule has 1 aliphatic heterocycles. The number of hydrogen-bond donors (Lipinski definition) is 0. The minimum Gasteiger partial charge on any atom is -0.365 e. The van der Waals surface area contributed by atoms with Crippen molar-refractivity contribution in [3.8, 4) is 0 Å². The zero-order valence-electron chi connectivity index (χ0n) is 10.8. The van der Waals surface area contributed by atoms with Crippen molar-refractivity contribution in [3.63, 3.8) is 0 Å². The maximum absolute atomic E-state index is 13.4. The van der Waals surface area contributed by atoms with Gasteiger partial charge in [0, 0.05) is 24.6 Å². The quantitative estimate of drug-likeness (QED) is 0.715. The third kappa shape index (κ3) is 1.74. The van der Waals surface area contributed by atoms with Crippen LogP contribution >= 0.6 is 0 Å². The molecule has 0 saturated carbocycles. The van der Waals surface area contributed by atoms with E-state index in [-0.39, 0.29) is 5.82 Å². The van der Waals surface area contributed by atoms with Gasteiger partial charge < -0.3 is 4.90 Å². The summed E-state index contributed by atoms with van der Waals surface area (Å²) in [5.74, 6) is -0.182. The molecular weight excluding hydrogens is 255 g/mol. The fourth-order valence-electron chi connectivity index (χ4n) is 2.79. The molecule has 1 aliphatic rings. The van der Waals surface area contributed by atoms with Gasteiger partial charge in [-0.3, -0.25) is 9.38 Å². The van der Waals surface area contributed by atoms with Crippen molar-refractivity contribution in [1.29, 1.82) is 0 Å². The van der Waals surface area contributed by atoms with Gasteiger partial charge in [-0.15, -0.1) is 0 Å². The third-order valence-electron chi connectivity index (χ3n) is 3.79. The second-order valence-electron chi connectivity index (χ2n) is 5.00. The zero-order chi connectivity index (χ0) is 13.5. The molecule has 1 aromatic carbocycles. The number of nitrogens with zero attached hydrogens (tertiary/aromatic N) is 4. The van der Waals surface area contributed by atoms with Crippen molar-refractivity contribution in [1.82, 2.24) is 14.4 Å². The fourth-order valence-corrected chi connectivity index (χ4v) is 2.79. The van der Waals surface area contributed by atoms with E-state index in [1.807, 2.05) is 22.9 Å². The van der Waals surface area contributed by atoms with E-state index in [1.54, 1.807) is 18.5 Å². The summed E-state index contributed by atoms with van der Waals surface area (Å²) < 4.78 is 15.4. The first-order chi connectivity index (χ1) is 9.81. The maximum Gasteiger partial charge on any atom is 0.155 e. The molecule has 0 spiro atoms. The van der Waals surface area contributed by atoms with Crippen LogP contribution in [0, 0.1) is 5.82 Å². The molecule has 5 heteroatoms. The molecule has 4 nitrogen and oxygen atoms in total. The molecular formula is C15H13FN4. The van der Waals surface area contributed by atoms with E-state index in [0.29, 0.717) is 0 Å². The molecule has 0 fully saturated rings. The van der Waals surface area contributed by atoms with Gasteiger partial charge in [0.1, 0.15) is 5.82 Å². The smallest absolute Gasteiger partial charge is 0.155 e. The number of rotatable bonds is 2. The maximum atomic E-state index is 13.4. The van der Waals surface area contributed by atoms with Crippen LogP contribution in [-0.2, 0) is 13.0 Å². The van der Waals surface area contributed by atoms with Gasteiger partial charge in [-0.05, 0) is 24.1 Å². The highest BCUT2D eigenvalue weighted by atomic mass is 19.1. The van der Waals surface area contributed by atoms with E-state index in [1.165, 1.54) is 11.6 Å². The van der Waals surface area contributed by atoms with Crippen molar-refractivity contribution in [2.24, 2.45) is 0 Å². The second-order valence-corrected chi connectivity index (χ2v) is 5.00. The molecule has 20 heavy (non-hydrogen) atoms. The van der Waals surface area contributed by atoms with Crippen LogP contribution in [0.5, 0.6) is 0 Å². The molecule has 3 aromatic rings. The largest absolute Gasteiger partial charge is 0.365 e. The molecule has 0 saturated heterocycles. The van der Waals surface area contributed by atoms with Gasteiger partial charge in [0.2, 0.25) is 0 Å². The van der Waals surface area contributed by atoms with Gasteiger partial charge in [0.05, 0.1) is 24.6 Å². The standard InChI is InChI=1S/C15H13FN4/c16-12-2-1-11-3-5-19(14(11)7-12)10-13-8-18-15-9-17-4-6-20(13)15/h1-2,4,6-9H,3,5,10H2. The lowest BCUT2D eigenvalue weighted by Crippen LogP contribution is -2.20. The summed E-state index contributed by atoms with van der Waals surface area (Å²) >= 11 is 0. The molecule has 2 aromatic heterocycles. The average Bonchev–Trinajstić information content (AvgIpc) is 3.05. The Labute approximate surface area is 115 Å². The minimum absolute atomic E-state index is 0.182. The highest BCUT2D eigenvalue weighted by Crippen LogP contribution is 2.29. The summed E-state index contributed by atoms with van der Waals surface area (Å²) in [6, 6.07) is 5.03. The van der Waals surface area contributed by atoms with Crippen molar-refractivity contribution in [3.05, 3.63) is 60.1 Å². The Morgan fingerprint density at radius 3 is 3.15 bits per heavy atom. The van der Waals surface area contributed by atoms with Crippen LogP contribution in [0.1, 0.15) is 11.3 Å². The first kappa shape index (κ1) is 11.4. The third-order valence-corrected chi connectivity index (χ3v) is 3.79. The van der Waals surface area contributed by atoms with Gasteiger partial charge in [-0.2, -0.15) is 0 Å². The first-order valence-electron chi connectivity index (χ1n) is 6.60. The SMILES string of the molecule is Fc1ccc2c(c1)N(Cc1cnc3cnccn13)CC2. The normalized spacial score (nSPS) is 13.9. The van der Waals surface area contributed by atoms with Crippen LogP contribution in [0.15, 0.2) is 43.0 Å². The van der Waals surface area contributed by atoms with Gasteiger partial charge >= 0.3 is 0 Å². The predicted octanol–water partition coefficient (Wildman–Crippen LogP) is 2.43. The van der Waals surface area contributed by atoms with E-state index in [9.17, 15) is 4.39 Å². The topological polar surface area (TPSA) is 33.4 Å². The summed E-state index contributed by atoms with van der Waals surface area (Å²) in [5.41, 5.74) is 4.12. The Morgan fingerprint density at radius 2 is 2.20 bits per heavy atom. The van der Waals surface area contributed by atoms with Crippen molar-refractivity contribution in [2.75, 3.05) is 11.4 Å². The molecule has 0 amide bonds. The summed E-state index contributed by atoms with van der Waals surface area (Å²) in [5, 5.41) is 0. The van der Waals surface area contributed by atoms with Gasteiger partial charge in [-0.1, -0.05) is 6.07 Å². The first-order valence-corrected chi connectivity index (χ1v) is 6.60. The van der Waals surface area contributed by atoms with Crippen LogP contribution in [0.3, 0.4) is 0 Å². The summed E-state index contributed by atoms with van der Waals surface area (Å²) in [7, 11) is 0. The Balaban J connectivity index is 1.70. The molecule has 0 unspecified atom stereocenters. The van der Waals surface area contributed by atoms with Gasteiger partial charge in [0.15, 0.2) is 5.65 Å². The number of halogens is 1. The highest BCUT2D eigenvalue weighted by molar-refractivity contribution is 5.58. The van der Waals surface area contributed by atoms with Crippen LogP contribution in [0.25, 0.3) is 5.65 Å². The van der Waals surface area contributed by atoms with E-state index < -0.39 is 0 Å². The van der Waals surface area contributed by atoms with Crippen LogP contribution in [0.2, 0.25) is 0 Å². The summed E-state index contributed by atoms with van der Waals surface area (Å²) in [6.07, 6.45) is 8.21. The van der Waals surface area contributed by atoms with Crippen LogP contribution in [0.4, 0.5) is 10.1 Å². The Bertz CT molecular complexity index is 780.